The van der Waals surface area contributed by atoms with E-state index in [0.717, 1.165) is 12.5 Å². The van der Waals surface area contributed by atoms with Gasteiger partial charge in [0.05, 0.1) is 0 Å². The second-order valence-electron chi connectivity index (χ2n) is 4.31. The molecule has 1 saturated heterocycles. The van der Waals surface area contributed by atoms with Crippen LogP contribution < -0.4 is 5.32 Å². The van der Waals surface area contributed by atoms with Crippen molar-refractivity contribution < 1.29 is 0 Å². The predicted molar refractivity (Wildman–Crippen MR) is 60.6 cm³/mol. The molecule has 1 N–H and O–H groups in total. The number of benzene rings is 1. The van der Waals surface area contributed by atoms with Crippen LogP contribution in [0.2, 0.25) is 0 Å². The highest BCUT2D eigenvalue weighted by Crippen LogP contribution is 2.23. The molecule has 1 aromatic carbocycles. The van der Waals surface area contributed by atoms with Crippen LogP contribution in [0, 0.1) is 6.92 Å². The van der Waals surface area contributed by atoms with Crippen molar-refractivity contribution in [3.63, 3.8) is 0 Å². The summed E-state index contributed by atoms with van der Waals surface area (Å²) in [6.07, 6.45) is 4.05. The van der Waals surface area contributed by atoms with Gasteiger partial charge in [-0.1, -0.05) is 36.2 Å². The van der Waals surface area contributed by atoms with Gasteiger partial charge in [0, 0.05) is 6.54 Å². The third kappa shape index (κ3) is 2.36. The van der Waals surface area contributed by atoms with Crippen molar-refractivity contribution in [1.29, 1.82) is 0 Å². The molecule has 0 radical (unpaired) electrons. The number of hydrogen-bond donors (Lipinski definition) is 1. The molecule has 1 heteroatoms. The predicted octanol–water partition coefficient (Wildman–Crippen LogP) is 2.85. The molecule has 1 heterocycles. The summed E-state index contributed by atoms with van der Waals surface area (Å²) < 4.78 is 0. The lowest BCUT2D eigenvalue weighted by atomic mass is 9.94. The molecule has 76 valence electrons. The molecule has 1 nitrogen and oxygen atoms in total. The summed E-state index contributed by atoms with van der Waals surface area (Å²) >= 11 is 0. The largest absolute Gasteiger partial charge is 0.316 e. The highest BCUT2D eigenvalue weighted by atomic mass is 14.9. The highest BCUT2D eigenvalue weighted by molar-refractivity contribution is 5.24. The maximum Gasteiger partial charge on any atom is 0.00201 e. The molecule has 0 unspecified atom stereocenters. The molecule has 0 amide bonds. The first-order valence-corrected chi connectivity index (χ1v) is 5.63. The van der Waals surface area contributed by atoms with E-state index in [1.54, 1.807) is 0 Å². The zero-order valence-electron chi connectivity index (χ0n) is 8.92. The number of aryl methyl sites for hydroxylation is 1. The average Bonchev–Trinajstić information content (AvgIpc) is 2.47. The van der Waals surface area contributed by atoms with Crippen LogP contribution in [0.4, 0.5) is 0 Å². The van der Waals surface area contributed by atoms with Crippen molar-refractivity contribution in [2.75, 3.05) is 13.1 Å². The van der Waals surface area contributed by atoms with E-state index in [1.807, 2.05) is 0 Å². The zero-order chi connectivity index (χ0) is 9.80. The first kappa shape index (κ1) is 9.72. The summed E-state index contributed by atoms with van der Waals surface area (Å²) in [4.78, 5) is 0. The number of rotatable bonds is 1. The van der Waals surface area contributed by atoms with Gasteiger partial charge < -0.3 is 5.32 Å². The third-order valence-electron chi connectivity index (χ3n) is 3.10. The standard InChI is InChI=1S/C13H19N/c1-11-5-7-12(8-6-11)13-4-2-3-9-14-10-13/h5-8,13-14H,2-4,9-10H2,1H3/t13-/m0/s1. The van der Waals surface area contributed by atoms with Crippen LogP contribution in [0.3, 0.4) is 0 Å². The Hall–Kier alpha value is -0.820. The summed E-state index contributed by atoms with van der Waals surface area (Å²) in [5.41, 5.74) is 2.86. The van der Waals surface area contributed by atoms with Crippen LogP contribution >= 0.6 is 0 Å². The molecule has 1 aromatic rings. The Kier molecular flexibility index (Phi) is 3.20. The molecule has 1 aliphatic rings. The van der Waals surface area contributed by atoms with Crippen LogP contribution in [0.5, 0.6) is 0 Å². The molecule has 1 aliphatic heterocycles. The van der Waals surface area contributed by atoms with E-state index in [0.29, 0.717) is 0 Å². The monoisotopic (exact) mass is 189 g/mol. The van der Waals surface area contributed by atoms with E-state index >= 15 is 0 Å². The highest BCUT2D eigenvalue weighted by Gasteiger charge is 2.13. The van der Waals surface area contributed by atoms with Gasteiger partial charge >= 0.3 is 0 Å². The van der Waals surface area contributed by atoms with Crippen LogP contribution in [0.15, 0.2) is 24.3 Å². The van der Waals surface area contributed by atoms with Crippen LogP contribution in [0.25, 0.3) is 0 Å². The van der Waals surface area contributed by atoms with Crippen molar-refractivity contribution in [1.82, 2.24) is 5.32 Å². The van der Waals surface area contributed by atoms with E-state index in [9.17, 15) is 0 Å². The Labute approximate surface area is 86.5 Å². The number of nitrogens with one attached hydrogen (secondary N) is 1. The zero-order valence-corrected chi connectivity index (χ0v) is 8.92. The van der Waals surface area contributed by atoms with E-state index < -0.39 is 0 Å². The fraction of sp³-hybridized carbons (Fsp3) is 0.538. The summed E-state index contributed by atoms with van der Waals surface area (Å²) in [6, 6.07) is 9.01. The summed E-state index contributed by atoms with van der Waals surface area (Å²) in [6.45, 7) is 4.50. The lowest BCUT2D eigenvalue weighted by Gasteiger charge is -2.14. The van der Waals surface area contributed by atoms with Gasteiger partial charge in [-0.2, -0.15) is 0 Å². The lowest BCUT2D eigenvalue weighted by molar-refractivity contribution is 0.610. The van der Waals surface area contributed by atoms with Gasteiger partial charge in [-0.25, -0.2) is 0 Å². The van der Waals surface area contributed by atoms with E-state index in [4.69, 9.17) is 0 Å². The van der Waals surface area contributed by atoms with Crippen molar-refractivity contribution in [3.05, 3.63) is 35.4 Å². The lowest BCUT2D eigenvalue weighted by Crippen LogP contribution is -2.19. The van der Waals surface area contributed by atoms with Crippen LogP contribution in [0.1, 0.15) is 36.3 Å². The molecule has 0 bridgehead atoms. The third-order valence-corrected chi connectivity index (χ3v) is 3.10. The number of hydrogen-bond acceptors (Lipinski definition) is 1. The molecule has 2 rings (SSSR count). The Bertz CT molecular complexity index is 268. The molecule has 1 atom stereocenters. The second-order valence-corrected chi connectivity index (χ2v) is 4.31. The normalized spacial score (nSPS) is 23.1. The van der Waals surface area contributed by atoms with Gasteiger partial charge in [0.15, 0.2) is 0 Å². The van der Waals surface area contributed by atoms with E-state index in [1.165, 1.54) is 36.9 Å². The van der Waals surface area contributed by atoms with Gasteiger partial charge in [0.1, 0.15) is 0 Å². The Morgan fingerprint density at radius 2 is 1.93 bits per heavy atom. The molecule has 1 fully saturated rings. The smallest absolute Gasteiger partial charge is 0.00201 e. The van der Waals surface area contributed by atoms with Gasteiger partial charge in [-0.05, 0) is 37.8 Å². The molecule has 0 aromatic heterocycles. The fourth-order valence-corrected chi connectivity index (χ4v) is 2.14. The van der Waals surface area contributed by atoms with E-state index in [2.05, 4.69) is 36.5 Å². The summed E-state index contributed by atoms with van der Waals surface area (Å²) in [7, 11) is 0. The molecular formula is C13H19N. The minimum atomic E-state index is 0.734. The van der Waals surface area contributed by atoms with Crippen LogP contribution in [-0.2, 0) is 0 Å². The first-order chi connectivity index (χ1) is 6.86. The molecule has 0 aliphatic carbocycles. The molecule has 0 saturated carbocycles. The van der Waals surface area contributed by atoms with Crippen LogP contribution in [-0.4, -0.2) is 13.1 Å². The van der Waals surface area contributed by atoms with Gasteiger partial charge in [0.25, 0.3) is 0 Å². The molecular weight excluding hydrogens is 170 g/mol. The van der Waals surface area contributed by atoms with Gasteiger partial charge in [-0.15, -0.1) is 0 Å². The van der Waals surface area contributed by atoms with Gasteiger partial charge in [-0.3, -0.25) is 0 Å². The molecule has 14 heavy (non-hydrogen) atoms. The quantitative estimate of drug-likeness (QED) is 0.716. The van der Waals surface area contributed by atoms with Crippen molar-refractivity contribution in [2.24, 2.45) is 0 Å². The Balaban J connectivity index is 2.08. The van der Waals surface area contributed by atoms with Crippen molar-refractivity contribution >= 4 is 0 Å². The maximum absolute atomic E-state index is 3.51. The Morgan fingerprint density at radius 1 is 1.14 bits per heavy atom. The minimum Gasteiger partial charge on any atom is -0.316 e. The second kappa shape index (κ2) is 4.61. The SMILES string of the molecule is Cc1ccc([C@H]2CCCCNC2)cc1. The van der Waals surface area contributed by atoms with E-state index in [-0.39, 0.29) is 0 Å². The van der Waals surface area contributed by atoms with Crippen molar-refractivity contribution in [2.45, 2.75) is 32.1 Å². The average molecular weight is 189 g/mol. The summed E-state index contributed by atoms with van der Waals surface area (Å²) in [5, 5.41) is 3.51. The fourth-order valence-electron chi connectivity index (χ4n) is 2.14. The first-order valence-electron chi connectivity index (χ1n) is 5.63. The minimum absolute atomic E-state index is 0.734. The Morgan fingerprint density at radius 3 is 2.71 bits per heavy atom. The maximum atomic E-state index is 3.51. The van der Waals surface area contributed by atoms with Gasteiger partial charge in [0.2, 0.25) is 0 Å². The molecule has 0 spiro atoms. The van der Waals surface area contributed by atoms with Crippen molar-refractivity contribution in [3.8, 4) is 0 Å². The topological polar surface area (TPSA) is 12.0 Å². The summed E-state index contributed by atoms with van der Waals surface area (Å²) in [5.74, 6) is 0.734.